The van der Waals surface area contributed by atoms with Crippen LogP contribution in [0.5, 0.6) is 0 Å². The monoisotopic (exact) mass is 386 g/mol. The molecule has 1 fully saturated rings. The zero-order valence-corrected chi connectivity index (χ0v) is 17.2. The highest BCUT2D eigenvalue weighted by Gasteiger charge is 2.40. The zero-order valence-electron chi connectivity index (χ0n) is 17.2. The summed E-state index contributed by atoms with van der Waals surface area (Å²) in [6.07, 6.45) is 16.6. The number of aliphatic hydroxyl groups excluding tert-OH is 3. The Morgan fingerprint density at radius 3 is 2.19 bits per heavy atom. The number of hydrogen-bond acceptors (Lipinski definition) is 5. The minimum Gasteiger partial charge on any atom is -0.394 e. The van der Waals surface area contributed by atoms with E-state index in [0.717, 1.165) is 12.8 Å². The highest BCUT2D eigenvalue weighted by Crippen LogP contribution is 2.21. The fourth-order valence-corrected chi connectivity index (χ4v) is 3.46. The largest absolute Gasteiger partial charge is 0.394 e. The van der Waals surface area contributed by atoms with Crippen LogP contribution in [0, 0.1) is 0 Å². The number of unbranched alkanes of at least 4 members (excludes halogenated alkanes) is 10. The molecule has 0 radical (unpaired) electrons. The predicted molar refractivity (Wildman–Crippen MR) is 109 cm³/mol. The van der Waals surface area contributed by atoms with Crippen molar-refractivity contribution in [2.75, 3.05) is 19.8 Å². The molecule has 1 saturated heterocycles. The van der Waals surface area contributed by atoms with E-state index < -0.39 is 24.4 Å². The molecular formula is C22H42O5. The van der Waals surface area contributed by atoms with Crippen molar-refractivity contribution in [2.24, 2.45) is 0 Å². The summed E-state index contributed by atoms with van der Waals surface area (Å²) >= 11 is 0. The smallest absolute Gasteiger partial charge is 0.114 e. The number of rotatable bonds is 17. The van der Waals surface area contributed by atoms with Crippen molar-refractivity contribution in [3.63, 3.8) is 0 Å². The van der Waals surface area contributed by atoms with Gasteiger partial charge in [0, 0.05) is 6.61 Å². The van der Waals surface area contributed by atoms with Gasteiger partial charge in [0.15, 0.2) is 0 Å². The van der Waals surface area contributed by atoms with Gasteiger partial charge in [-0.3, -0.25) is 0 Å². The van der Waals surface area contributed by atoms with Crippen molar-refractivity contribution in [2.45, 2.75) is 108 Å². The highest BCUT2D eigenvalue weighted by molar-refractivity contribution is 4.89. The summed E-state index contributed by atoms with van der Waals surface area (Å²) in [7, 11) is 0. The molecule has 0 aromatic rings. The first-order valence-electron chi connectivity index (χ1n) is 11.1. The maximum Gasteiger partial charge on any atom is 0.114 e. The second kappa shape index (κ2) is 16.5. The van der Waals surface area contributed by atoms with Crippen molar-refractivity contribution in [3.8, 4) is 0 Å². The summed E-state index contributed by atoms with van der Waals surface area (Å²) in [6.45, 7) is 2.56. The van der Waals surface area contributed by atoms with Gasteiger partial charge in [0.25, 0.3) is 0 Å². The van der Waals surface area contributed by atoms with Gasteiger partial charge < -0.3 is 24.8 Å². The second-order valence-electron chi connectivity index (χ2n) is 7.68. The minimum absolute atomic E-state index is 0.154. The summed E-state index contributed by atoms with van der Waals surface area (Å²) in [5.41, 5.74) is 0. The summed E-state index contributed by atoms with van der Waals surface area (Å²) < 4.78 is 11.0. The molecule has 0 aromatic heterocycles. The fraction of sp³-hybridized carbons (Fsp3) is 0.909. The zero-order chi connectivity index (χ0) is 19.7. The maximum atomic E-state index is 9.87. The third-order valence-electron chi connectivity index (χ3n) is 5.20. The van der Waals surface area contributed by atoms with Gasteiger partial charge >= 0.3 is 0 Å². The molecule has 3 N–H and O–H groups in total. The van der Waals surface area contributed by atoms with Crippen molar-refractivity contribution in [3.05, 3.63) is 12.2 Å². The van der Waals surface area contributed by atoms with E-state index in [1.165, 1.54) is 64.2 Å². The molecule has 1 heterocycles. The SMILES string of the molecule is CCCC/C=C/CCCCCCCCCCO[C@@H]1[C@H]([C@@H](O)CO)OC[C@H]1O. The van der Waals surface area contributed by atoms with Gasteiger partial charge in [-0.2, -0.15) is 0 Å². The Morgan fingerprint density at radius 1 is 0.963 bits per heavy atom. The van der Waals surface area contributed by atoms with Crippen LogP contribution in [-0.2, 0) is 9.47 Å². The lowest BCUT2D eigenvalue weighted by molar-refractivity contribution is -0.0938. The highest BCUT2D eigenvalue weighted by atomic mass is 16.6. The first-order valence-corrected chi connectivity index (χ1v) is 11.1. The van der Waals surface area contributed by atoms with Crippen LogP contribution in [0.25, 0.3) is 0 Å². The van der Waals surface area contributed by atoms with E-state index in [4.69, 9.17) is 14.6 Å². The molecule has 0 saturated carbocycles. The lowest BCUT2D eigenvalue weighted by atomic mass is 10.1. The van der Waals surface area contributed by atoms with Gasteiger partial charge in [0.2, 0.25) is 0 Å². The Balaban J connectivity index is 1.89. The molecule has 0 aliphatic carbocycles. The standard InChI is InChI=1S/C22H42O5/c1-2-3-4-5-6-7-8-9-10-11-12-13-14-15-16-26-22-20(25)18-27-21(22)19(24)17-23/h5-6,19-25H,2-4,7-18H2,1H3/b6-5+/t19-,20+,21-,22-/m0/s1. The topological polar surface area (TPSA) is 79.2 Å². The molecule has 0 amide bonds. The van der Waals surface area contributed by atoms with Crippen LogP contribution < -0.4 is 0 Å². The third-order valence-corrected chi connectivity index (χ3v) is 5.20. The molecule has 1 aliphatic heterocycles. The van der Waals surface area contributed by atoms with Crippen LogP contribution in [0.15, 0.2) is 12.2 Å². The molecule has 160 valence electrons. The van der Waals surface area contributed by atoms with Gasteiger partial charge in [-0.15, -0.1) is 0 Å². The molecule has 5 heteroatoms. The molecule has 4 atom stereocenters. The minimum atomic E-state index is -1.00. The van der Waals surface area contributed by atoms with Crippen LogP contribution in [0.2, 0.25) is 0 Å². The van der Waals surface area contributed by atoms with Gasteiger partial charge in [0.05, 0.1) is 13.2 Å². The van der Waals surface area contributed by atoms with Crippen LogP contribution in [0.3, 0.4) is 0 Å². The molecule has 1 rings (SSSR count). The Labute approximate surface area is 165 Å². The first-order chi connectivity index (χ1) is 13.2. The average molecular weight is 387 g/mol. The average Bonchev–Trinajstić information content (AvgIpc) is 3.04. The maximum absolute atomic E-state index is 9.87. The summed E-state index contributed by atoms with van der Waals surface area (Å²) in [4.78, 5) is 0. The Morgan fingerprint density at radius 2 is 1.56 bits per heavy atom. The Bertz CT molecular complexity index is 361. The predicted octanol–water partition coefficient (Wildman–Crippen LogP) is 3.74. The quantitative estimate of drug-likeness (QED) is 0.262. The fourth-order valence-electron chi connectivity index (χ4n) is 3.46. The van der Waals surface area contributed by atoms with E-state index in [9.17, 15) is 10.2 Å². The lowest BCUT2D eigenvalue weighted by Crippen LogP contribution is -2.42. The van der Waals surface area contributed by atoms with E-state index >= 15 is 0 Å². The van der Waals surface area contributed by atoms with E-state index in [2.05, 4.69) is 19.1 Å². The summed E-state index contributed by atoms with van der Waals surface area (Å²) in [5.74, 6) is 0. The third kappa shape index (κ3) is 11.2. The Kier molecular flexibility index (Phi) is 15.0. The van der Waals surface area contributed by atoms with Crippen LogP contribution in [0.4, 0.5) is 0 Å². The van der Waals surface area contributed by atoms with Gasteiger partial charge in [0.1, 0.15) is 24.4 Å². The number of ether oxygens (including phenoxy) is 2. The molecule has 1 aliphatic rings. The van der Waals surface area contributed by atoms with Gasteiger partial charge in [-0.05, 0) is 25.7 Å². The van der Waals surface area contributed by atoms with E-state index in [1.54, 1.807) is 0 Å². The molecule has 0 unspecified atom stereocenters. The van der Waals surface area contributed by atoms with Crippen molar-refractivity contribution in [1.82, 2.24) is 0 Å². The van der Waals surface area contributed by atoms with Crippen molar-refractivity contribution >= 4 is 0 Å². The van der Waals surface area contributed by atoms with Crippen LogP contribution in [0.1, 0.15) is 84.0 Å². The molecule has 0 aromatic carbocycles. The molecule has 5 nitrogen and oxygen atoms in total. The van der Waals surface area contributed by atoms with E-state index in [1.807, 2.05) is 0 Å². The van der Waals surface area contributed by atoms with Gasteiger partial charge in [-0.25, -0.2) is 0 Å². The number of allylic oxidation sites excluding steroid dienone is 2. The Hall–Kier alpha value is -0.460. The first kappa shape index (κ1) is 24.6. The van der Waals surface area contributed by atoms with E-state index in [0.29, 0.717) is 6.61 Å². The number of aliphatic hydroxyl groups is 3. The molecule has 0 bridgehead atoms. The molecule has 0 spiro atoms. The number of hydrogen-bond donors (Lipinski definition) is 3. The normalized spacial score (nSPS) is 24.1. The van der Waals surface area contributed by atoms with Crippen LogP contribution >= 0.6 is 0 Å². The van der Waals surface area contributed by atoms with Crippen molar-refractivity contribution in [1.29, 1.82) is 0 Å². The van der Waals surface area contributed by atoms with Gasteiger partial charge in [-0.1, -0.05) is 70.4 Å². The summed E-state index contributed by atoms with van der Waals surface area (Å²) in [5, 5.41) is 28.6. The lowest BCUT2D eigenvalue weighted by Gasteiger charge is -2.23. The second-order valence-corrected chi connectivity index (χ2v) is 7.68. The van der Waals surface area contributed by atoms with Crippen molar-refractivity contribution < 1.29 is 24.8 Å². The summed E-state index contributed by atoms with van der Waals surface area (Å²) in [6, 6.07) is 0. The van der Waals surface area contributed by atoms with Crippen LogP contribution in [-0.4, -0.2) is 59.6 Å². The molecule has 27 heavy (non-hydrogen) atoms. The van der Waals surface area contributed by atoms with E-state index in [-0.39, 0.29) is 13.2 Å². The molecular weight excluding hydrogens is 344 g/mol.